The Morgan fingerprint density at radius 3 is 2.88 bits per heavy atom. The van der Waals surface area contributed by atoms with Gasteiger partial charge < -0.3 is 10.2 Å². The van der Waals surface area contributed by atoms with Crippen LogP contribution in [0.25, 0.3) is 10.9 Å². The van der Waals surface area contributed by atoms with Crippen LogP contribution in [0.4, 0.5) is 0 Å². The van der Waals surface area contributed by atoms with Crippen molar-refractivity contribution in [2.24, 2.45) is 0 Å². The molecule has 0 spiro atoms. The molecule has 88 valence electrons. The van der Waals surface area contributed by atoms with E-state index in [1.165, 1.54) is 6.92 Å². The van der Waals surface area contributed by atoms with Crippen molar-refractivity contribution >= 4 is 16.9 Å². The summed E-state index contributed by atoms with van der Waals surface area (Å²) >= 11 is 0. The average molecular weight is 231 g/mol. The zero-order valence-electron chi connectivity index (χ0n) is 9.42. The number of carboxylic acids is 1. The molecule has 1 aromatic heterocycles. The Morgan fingerprint density at radius 1 is 1.41 bits per heavy atom. The maximum Gasteiger partial charge on any atom is 0.335 e. The fourth-order valence-corrected chi connectivity index (χ4v) is 1.70. The van der Waals surface area contributed by atoms with Crippen molar-refractivity contribution in [3.05, 3.63) is 42.1 Å². The van der Waals surface area contributed by atoms with E-state index in [0.717, 1.165) is 16.5 Å². The third-order valence-electron chi connectivity index (χ3n) is 2.68. The number of aliphatic carboxylic acids is 1. The molecule has 1 heterocycles. The topological polar surface area (TPSA) is 70.4 Å². The van der Waals surface area contributed by atoms with Crippen molar-refractivity contribution in [2.75, 3.05) is 0 Å². The lowest BCUT2D eigenvalue weighted by Crippen LogP contribution is -2.37. The van der Waals surface area contributed by atoms with E-state index in [1.807, 2.05) is 18.2 Å². The molecule has 2 aromatic rings. The Balaban J connectivity index is 2.34. The first-order chi connectivity index (χ1) is 7.99. The van der Waals surface area contributed by atoms with Gasteiger partial charge in [-0.05, 0) is 24.6 Å². The second kappa shape index (κ2) is 4.14. The van der Waals surface area contributed by atoms with Gasteiger partial charge in [-0.2, -0.15) is 0 Å². The molecule has 4 nitrogen and oxygen atoms in total. The molecule has 0 aliphatic heterocycles. The number of fused-ring (bicyclic) bond motifs is 1. The van der Waals surface area contributed by atoms with Gasteiger partial charge in [0, 0.05) is 18.0 Å². The number of hydrogen-bond acceptors (Lipinski definition) is 3. The fraction of sp³-hybridized carbons (Fsp3) is 0.231. The van der Waals surface area contributed by atoms with E-state index < -0.39 is 11.6 Å². The van der Waals surface area contributed by atoms with Gasteiger partial charge in [-0.15, -0.1) is 0 Å². The van der Waals surface area contributed by atoms with Crippen LogP contribution in [0, 0.1) is 0 Å². The number of carbonyl (C=O) groups is 1. The number of nitrogens with zero attached hydrogens (tertiary/aromatic N) is 1. The number of aliphatic hydroxyl groups is 1. The van der Waals surface area contributed by atoms with Gasteiger partial charge in [-0.3, -0.25) is 4.98 Å². The minimum atomic E-state index is -1.75. The lowest BCUT2D eigenvalue weighted by atomic mass is 9.96. The standard InChI is InChI=1S/C13H13NO3/c1-13(17,12(15)16)8-9-4-5-10-3-2-6-14-11(10)7-9/h2-7,17H,8H2,1H3,(H,15,16). The van der Waals surface area contributed by atoms with Crippen LogP contribution in [0.5, 0.6) is 0 Å². The van der Waals surface area contributed by atoms with E-state index in [4.69, 9.17) is 5.11 Å². The van der Waals surface area contributed by atoms with Gasteiger partial charge >= 0.3 is 5.97 Å². The molecule has 0 radical (unpaired) electrons. The summed E-state index contributed by atoms with van der Waals surface area (Å²) in [4.78, 5) is 15.0. The predicted molar refractivity (Wildman–Crippen MR) is 63.7 cm³/mol. The maximum absolute atomic E-state index is 10.8. The number of pyridine rings is 1. The Hall–Kier alpha value is -1.94. The number of benzene rings is 1. The van der Waals surface area contributed by atoms with E-state index in [0.29, 0.717) is 0 Å². The van der Waals surface area contributed by atoms with E-state index in [2.05, 4.69) is 4.98 Å². The van der Waals surface area contributed by atoms with Crippen LogP contribution < -0.4 is 0 Å². The number of rotatable bonds is 3. The molecule has 4 heteroatoms. The third-order valence-corrected chi connectivity index (χ3v) is 2.68. The lowest BCUT2D eigenvalue weighted by molar-refractivity contribution is -0.156. The minimum absolute atomic E-state index is 0.0643. The fourth-order valence-electron chi connectivity index (χ4n) is 1.70. The van der Waals surface area contributed by atoms with E-state index in [1.54, 1.807) is 18.3 Å². The summed E-state index contributed by atoms with van der Waals surface area (Å²) in [5.74, 6) is -1.22. The van der Waals surface area contributed by atoms with Crippen LogP contribution in [-0.2, 0) is 11.2 Å². The molecule has 0 saturated carbocycles. The summed E-state index contributed by atoms with van der Waals surface area (Å²) in [5, 5.41) is 19.5. The highest BCUT2D eigenvalue weighted by Crippen LogP contribution is 2.18. The van der Waals surface area contributed by atoms with Gasteiger partial charge in [0.05, 0.1) is 5.52 Å². The van der Waals surface area contributed by atoms with Crippen molar-refractivity contribution < 1.29 is 15.0 Å². The first-order valence-electron chi connectivity index (χ1n) is 5.28. The van der Waals surface area contributed by atoms with Crippen molar-refractivity contribution in [1.29, 1.82) is 0 Å². The van der Waals surface area contributed by atoms with Gasteiger partial charge in [0.1, 0.15) is 0 Å². The molecule has 2 rings (SSSR count). The molecule has 0 fully saturated rings. The van der Waals surface area contributed by atoms with Crippen LogP contribution in [0.1, 0.15) is 12.5 Å². The quantitative estimate of drug-likeness (QED) is 0.842. The molecular weight excluding hydrogens is 218 g/mol. The van der Waals surface area contributed by atoms with E-state index in [9.17, 15) is 9.90 Å². The number of hydrogen-bond donors (Lipinski definition) is 2. The zero-order valence-corrected chi connectivity index (χ0v) is 9.42. The van der Waals surface area contributed by atoms with Gasteiger partial charge in [0.2, 0.25) is 0 Å². The molecule has 2 N–H and O–H groups in total. The first-order valence-corrected chi connectivity index (χ1v) is 5.28. The average Bonchev–Trinajstić information content (AvgIpc) is 2.28. The van der Waals surface area contributed by atoms with Crippen molar-refractivity contribution in [2.45, 2.75) is 18.9 Å². The van der Waals surface area contributed by atoms with Crippen molar-refractivity contribution in [1.82, 2.24) is 4.98 Å². The Kier molecular flexibility index (Phi) is 2.81. The van der Waals surface area contributed by atoms with Gasteiger partial charge in [-0.25, -0.2) is 4.79 Å². The Bertz CT molecular complexity index is 563. The molecule has 0 amide bonds. The van der Waals surface area contributed by atoms with Crippen LogP contribution in [0.3, 0.4) is 0 Å². The summed E-state index contributed by atoms with van der Waals surface area (Å²) in [6.45, 7) is 1.29. The van der Waals surface area contributed by atoms with E-state index >= 15 is 0 Å². The van der Waals surface area contributed by atoms with Crippen molar-refractivity contribution in [3.8, 4) is 0 Å². The molecule has 1 aromatic carbocycles. The molecule has 17 heavy (non-hydrogen) atoms. The molecular formula is C13H13NO3. The third kappa shape index (κ3) is 2.42. The van der Waals surface area contributed by atoms with E-state index in [-0.39, 0.29) is 6.42 Å². The highest BCUT2D eigenvalue weighted by molar-refractivity contribution is 5.80. The van der Waals surface area contributed by atoms with Crippen LogP contribution >= 0.6 is 0 Å². The monoisotopic (exact) mass is 231 g/mol. The van der Waals surface area contributed by atoms with Gasteiger partial charge in [-0.1, -0.05) is 18.2 Å². The normalized spacial score (nSPS) is 14.5. The molecule has 1 atom stereocenters. The Labute approximate surface area is 98.5 Å². The number of aromatic nitrogens is 1. The highest BCUT2D eigenvalue weighted by atomic mass is 16.4. The van der Waals surface area contributed by atoms with Crippen LogP contribution in [-0.4, -0.2) is 26.8 Å². The lowest BCUT2D eigenvalue weighted by Gasteiger charge is -2.17. The largest absolute Gasteiger partial charge is 0.479 e. The molecule has 1 unspecified atom stereocenters. The molecule has 0 aliphatic carbocycles. The summed E-state index contributed by atoms with van der Waals surface area (Å²) in [7, 11) is 0. The molecule has 0 saturated heterocycles. The predicted octanol–water partition coefficient (Wildman–Crippen LogP) is 1.61. The first kappa shape index (κ1) is 11.5. The van der Waals surface area contributed by atoms with Crippen LogP contribution in [0.15, 0.2) is 36.5 Å². The summed E-state index contributed by atoms with van der Waals surface area (Å²) in [6.07, 6.45) is 1.75. The number of carboxylic acid groups (broad SMARTS) is 1. The smallest absolute Gasteiger partial charge is 0.335 e. The summed E-state index contributed by atoms with van der Waals surface area (Å²) in [6, 6.07) is 9.25. The Morgan fingerprint density at radius 2 is 2.18 bits per heavy atom. The van der Waals surface area contributed by atoms with Crippen molar-refractivity contribution in [3.63, 3.8) is 0 Å². The van der Waals surface area contributed by atoms with Crippen LogP contribution in [0.2, 0.25) is 0 Å². The molecule has 0 aliphatic rings. The minimum Gasteiger partial charge on any atom is -0.479 e. The van der Waals surface area contributed by atoms with Gasteiger partial charge in [0.15, 0.2) is 5.60 Å². The second-order valence-corrected chi connectivity index (χ2v) is 4.29. The summed E-state index contributed by atoms with van der Waals surface area (Å²) in [5.41, 5.74) is -0.197. The summed E-state index contributed by atoms with van der Waals surface area (Å²) < 4.78 is 0. The maximum atomic E-state index is 10.8. The highest BCUT2D eigenvalue weighted by Gasteiger charge is 2.29. The SMILES string of the molecule is CC(O)(Cc1ccc2cccnc2c1)C(=O)O. The van der Waals surface area contributed by atoms with Gasteiger partial charge in [0.25, 0.3) is 0 Å². The second-order valence-electron chi connectivity index (χ2n) is 4.29. The molecule has 0 bridgehead atoms. The zero-order chi connectivity index (χ0) is 12.5.